The zero-order valence-corrected chi connectivity index (χ0v) is 15.9. The maximum Gasteiger partial charge on any atom is 0.276 e. The van der Waals surface area contributed by atoms with Gasteiger partial charge in [-0.1, -0.05) is 13.8 Å². The Morgan fingerprint density at radius 1 is 1.21 bits per heavy atom. The highest BCUT2D eigenvalue weighted by Crippen LogP contribution is 2.44. The van der Waals surface area contributed by atoms with E-state index in [1.165, 1.54) is 6.07 Å². The van der Waals surface area contributed by atoms with Crippen molar-refractivity contribution in [1.29, 1.82) is 0 Å². The van der Waals surface area contributed by atoms with Gasteiger partial charge in [0.1, 0.15) is 17.5 Å². The van der Waals surface area contributed by atoms with Crippen molar-refractivity contribution < 1.29 is 23.0 Å². The summed E-state index contributed by atoms with van der Waals surface area (Å²) in [5.74, 6) is -0.839. The zero-order chi connectivity index (χ0) is 20.1. The van der Waals surface area contributed by atoms with Crippen molar-refractivity contribution in [2.45, 2.75) is 32.7 Å². The number of rotatable bonds is 4. The average molecular weight is 389 g/mol. The van der Waals surface area contributed by atoms with Gasteiger partial charge in [-0.3, -0.25) is 4.79 Å². The Balaban J connectivity index is 1.66. The number of carbonyl (C=O) groups excluding carboxylic acids is 1. The lowest BCUT2D eigenvalue weighted by molar-refractivity contribution is 0.0148. The minimum absolute atomic E-state index is 0.0199. The van der Waals surface area contributed by atoms with Gasteiger partial charge in [-0.05, 0) is 30.4 Å². The molecule has 1 unspecified atom stereocenters. The quantitative estimate of drug-likeness (QED) is 0.853. The molecule has 2 aliphatic rings. The molecule has 1 N–H and O–H groups in total. The predicted octanol–water partition coefficient (Wildman–Crippen LogP) is 4.09. The third kappa shape index (κ3) is 3.23. The number of carbonyl (C=O) groups is 1. The first kappa shape index (κ1) is 18.5. The molecule has 1 saturated carbocycles. The fourth-order valence-electron chi connectivity index (χ4n) is 3.77. The highest BCUT2D eigenvalue weighted by atomic mass is 19.1. The lowest BCUT2D eigenvalue weighted by Crippen LogP contribution is -2.53. The topological polar surface area (TPSA) is 63.7 Å². The first-order valence-electron chi connectivity index (χ1n) is 9.05. The van der Waals surface area contributed by atoms with Gasteiger partial charge in [0, 0.05) is 30.9 Å². The zero-order valence-electron chi connectivity index (χ0n) is 15.9. The van der Waals surface area contributed by atoms with Crippen molar-refractivity contribution in [2.24, 2.45) is 5.41 Å². The average Bonchev–Trinajstić information content (AvgIpc) is 3.07. The number of hydrogen-bond donors (Lipinski definition) is 1. The second-order valence-electron chi connectivity index (χ2n) is 7.83. The number of nitrogens with zero attached hydrogens (tertiary/aromatic N) is 2. The largest absolute Gasteiger partial charge is 0.453 e. The van der Waals surface area contributed by atoms with Crippen LogP contribution in [0.5, 0.6) is 11.5 Å². The first-order chi connectivity index (χ1) is 13.2. The van der Waals surface area contributed by atoms with E-state index in [2.05, 4.69) is 24.1 Å². The van der Waals surface area contributed by atoms with Crippen LogP contribution in [0.3, 0.4) is 0 Å². The number of halogens is 2. The summed E-state index contributed by atoms with van der Waals surface area (Å²) < 4.78 is 37.8. The van der Waals surface area contributed by atoms with Gasteiger partial charge in [0.15, 0.2) is 17.2 Å². The van der Waals surface area contributed by atoms with Crippen LogP contribution in [-0.2, 0) is 0 Å². The van der Waals surface area contributed by atoms with Crippen LogP contribution in [0.4, 0.5) is 20.3 Å². The van der Waals surface area contributed by atoms with Gasteiger partial charge in [0.2, 0.25) is 6.79 Å². The molecule has 0 bridgehead atoms. The second kappa shape index (κ2) is 6.61. The maximum atomic E-state index is 13.5. The van der Waals surface area contributed by atoms with Crippen LogP contribution < -0.4 is 14.8 Å². The molecule has 28 heavy (non-hydrogen) atoms. The number of pyridine rings is 1. The number of nitrogens with one attached hydrogen (secondary N) is 1. The fourth-order valence-corrected chi connectivity index (χ4v) is 3.77. The molecular weight excluding hydrogens is 368 g/mol. The fraction of sp³-hybridized carbons (Fsp3) is 0.400. The van der Waals surface area contributed by atoms with Crippen LogP contribution >= 0.6 is 0 Å². The Morgan fingerprint density at radius 2 is 1.93 bits per heavy atom. The smallest absolute Gasteiger partial charge is 0.276 e. The number of hydrogen-bond acceptors (Lipinski definition) is 5. The van der Waals surface area contributed by atoms with Crippen LogP contribution in [0.1, 0.15) is 37.2 Å². The van der Waals surface area contributed by atoms with Crippen molar-refractivity contribution in [1.82, 2.24) is 9.88 Å². The Bertz CT molecular complexity index is 928. The molecule has 6 nitrogen and oxygen atoms in total. The van der Waals surface area contributed by atoms with Crippen molar-refractivity contribution in [3.8, 4) is 11.5 Å². The second-order valence-corrected chi connectivity index (χ2v) is 7.83. The molecular formula is C20H21F2N3O3. The number of benzene rings is 1. The molecule has 4 rings (SSSR count). The van der Waals surface area contributed by atoms with Crippen molar-refractivity contribution in [3.63, 3.8) is 0 Å². The summed E-state index contributed by atoms with van der Waals surface area (Å²) in [6.07, 6.45) is 1.97. The van der Waals surface area contributed by atoms with E-state index in [-0.39, 0.29) is 47.1 Å². The molecule has 1 atom stereocenters. The third-order valence-electron chi connectivity index (χ3n) is 5.45. The first-order valence-corrected chi connectivity index (χ1v) is 9.05. The lowest BCUT2D eigenvalue weighted by Gasteiger charge is -2.49. The van der Waals surface area contributed by atoms with Gasteiger partial charge in [-0.2, -0.15) is 0 Å². The van der Waals surface area contributed by atoms with E-state index in [4.69, 9.17) is 9.47 Å². The number of anilines is 2. The molecule has 1 aliphatic carbocycles. The molecule has 0 saturated heterocycles. The van der Waals surface area contributed by atoms with E-state index >= 15 is 0 Å². The molecule has 0 radical (unpaired) electrons. The van der Waals surface area contributed by atoms with Crippen LogP contribution in [0.2, 0.25) is 0 Å². The number of ether oxygens (including phenoxy) is 2. The van der Waals surface area contributed by atoms with Gasteiger partial charge in [0.25, 0.3) is 5.91 Å². The lowest BCUT2D eigenvalue weighted by atomic mass is 9.66. The molecule has 1 aliphatic heterocycles. The standard InChI is InChI=1S/C20H21F2N3O3/c1-20(2)5-4-15(20)25(3)19(26)17-18-14(27-10-28-18)9-16(24-17)23-13-7-11(21)6-12(22)8-13/h6-9,15H,4-5,10H2,1-3H3,(H,23,24). The maximum absolute atomic E-state index is 13.5. The van der Waals surface area contributed by atoms with Crippen molar-refractivity contribution in [3.05, 3.63) is 41.6 Å². The number of fused-ring (bicyclic) bond motifs is 1. The molecule has 2 heterocycles. The highest BCUT2D eigenvalue weighted by molar-refractivity contribution is 5.96. The summed E-state index contributed by atoms with van der Waals surface area (Å²) in [6, 6.07) is 4.70. The van der Waals surface area contributed by atoms with Crippen LogP contribution in [0, 0.1) is 17.0 Å². The van der Waals surface area contributed by atoms with Gasteiger partial charge in [0.05, 0.1) is 0 Å². The molecule has 148 valence electrons. The molecule has 0 spiro atoms. The molecule has 1 fully saturated rings. The van der Waals surface area contributed by atoms with Gasteiger partial charge in [-0.15, -0.1) is 0 Å². The Hall–Kier alpha value is -2.90. The summed E-state index contributed by atoms with van der Waals surface area (Å²) in [4.78, 5) is 19.2. The summed E-state index contributed by atoms with van der Waals surface area (Å²) >= 11 is 0. The third-order valence-corrected chi connectivity index (χ3v) is 5.45. The summed E-state index contributed by atoms with van der Waals surface area (Å²) in [6.45, 7) is 4.23. The molecule has 1 aromatic carbocycles. The Kier molecular flexibility index (Phi) is 4.36. The minimum atomic E-state index is -0.716. The van der Waals surface area contributed by atoms with E-state index < -0.39 is 11.6 Å². The van der Waals surface area contributed by atoms with E-state index in [0.717, 1.165) is 31.0 Å². The summed E-state index contributed by atoms with van der Waals surface area (Å²) in [5, 5.41) is 2.83. The van der Waals surface area contributed by atoms with E-state index in [1.54, 1.807) is 11.9 Å². The Labute approximate surface area is 161 Å². The Morgan fingerprint density at radius 3 is 2.54 bits per heavy atom. The monoisotopic (exact) mass is 389 g/mol. The van der Waals surface area contributed by atoms with Gasteiger partial charge < -0.3 is 19.7 Å². The normalized spacial score (nSPS) is 19.1. The summed E-state index contributed by atoms with van der Waals surface area (Å²) in [7, 11) is 1.75. The van der Waals surface area contributed by atoms with Crippen molar-refractivity contribution >= 4 is 17.4 Å². The SMILES string of the molecule is CN(C(=O)c1nc(Nc2cc(F)cc(F)c2)cc2c1OCO2)C1CCC1(C)C. The van der Waals surface area contributed by atoms with Gasteiger partial charge in [-0.25, -0.2) is 13.8 Å². The minimum Gasteiger partial charge on any atom is -0.453 e. The van der Waals surface area contributed by atoms with Crippen LogP contribution in [0.25, 0.3) is 0 Å². The predicted molar refractivity (Wildman–Crippen MR) is 98.9 cm³/mol. The van der Waals surface area contributed by atoms with Crippen molar-refractivity contribution in [2.75, 3.05) is 19.2 Å². The molecule has 2 aromatic rings. The molecule has 1 aromatic heterocycles. The summed E-state index contributed by atoms with van der Waals surface area (Å²) in [5.41, 5.74) is 0.329. The van der Waals surface area contributed by atoms with E-state index in [9.17, 15) is 13.6 Å². The van der Waals surface area contributed by atoms with E-state index in [1.807, 2.05) is 0 Å². The highest BCUT2D eigenvalue weighted by Gasteiger charge is 2.43. The molecule has 8 heteroatoms. The number of aromatic nitrogens is 1. The van der Waals surface area contributed by atoms with Crippen LogP contribution in [0.15, 0.2) is 24.3 Å². The number of amides is 1. The molecule has 1 amide bonds. The van der Waals surface area contributed by atoms with E-state index in [0.29, 0.717) is 5.75 Å². The van der Waals surface area contributed by atoms with Gasteiger partial charge >= 0.3 is 0 Å². The van der Waals surface area contributed by atoms with Crippen LogP contribution in [-0.4, -0.2) is 35.7 Å².